The number of piperidine rings is 1. The van der Waals surface area contributed by atoms with E-state index in [9.17, 15) is 9.59 Å². The van der Waals surface area contributed by atoms with Crippen molar-refractivity contribution in [2.24, 2.45) is 5.92 Å². The van der Waals surface area contributed by atoms with Gasteiger partial charge < -0.3 is 19.9 Å². The maximum atomic E-state index is 13.4. The lowest BCUT2D eigenvalue weighted by molar-refractivity contribution is -0.128. The van der Waals surface area contributed by atoms with Crippen molar-refractivity contribution in [1.29, 1.82) is 0 Å². The standard InChI is InChI=1S/C32H41N5O3S/c1-19(2)31-34-35-32(41-31)23-9-11-27(12-10-23)40-28-16-24(7-8-25(28)18-37-17-20(3)13-29(37)38)30(39)33-26-14-21(4)36(6)22(5)15-26/h7-12,16,19-22,26H,13-15,17-18H2,1-6H3,(H,33,39). The molecule has 0 saturated carbocycles. The molecule has 2 saturated heterocycles. The Morgan fingerprint density at radius 1 is 1.07 bits per heavy atom. The monoisotopic (exact) mass is 575 g/mol. The summed E-state index contributed by atoms with van der Waals surface area (Å²) in [5.74, 6) is 1.96. The van der Waals surface area contributed by atoms with Crippen molar-refractivity contribution in [2.75, 3.05) is 13.6 Å². The first-order valence-corrected chi connectivity index (χ1v) is 15.4. The highest BCUT2D eigenvalue weighted by Gasteiger charge is 2.30. The van der Waals surface area contributed by atoms with Crippen LogP contribution in [0.2, 0.25) is 0 Å². The van der Waals surface area contributed by atoms with Gasteiger partial charge in [0.2, 0.25) is 5.91 Å². The Balaban J connectivity index is 1.36. The van der Waals surface area contributed by atoms with Gasteiger partial charge in [-0.15, -0.1) is 10.2 Å². The fraction of sp³-hybridized carbons (Fsp3) is 0.500. The van der Waals surface area contributed by atoms with Crippen molar-refractivity contribution < 1.29 is 14.3 Å². The van der Waals surface area contributed by atoms with E-state index in [2.05, 4.69) is 62.1 Å². The highest BCUT2D eigenvalue weighted by molar-refractivity contribution is 7.14. The van der Waals surface area contributed by atoms with E-state index < -0.39 is 0 Å². The Labute approximate surface area is 247 Å². The number of carbonyl (C=O) groups excluding carboxylic acids is 2. The molecule has 3 unspecified atom stereocenters. The summed E-state index contributed by atoms with van der Waals surface area (Å²) in [6.45, 7) is 11.9. The average Bonchev–Trinajstić information content (AvgIpc) is 3.55. The second-order valence-electron chi connectivity index (χ2n) is 12.1. The minimum absolute atomic E-state index is 0.103. The molecule has 9 heteroatoms. The van der Waals surface area contributed by atoms with Crippen LogP contribution in [0.5, 0.6) is 11.5 Å². The van der Waals surface area contributed by atoms with E-state index in [4.69, 9.17) is 4.74 Å². The smallest absolute Gasteiger partial charge is 0.251 e. The summed E-state index contributed by atoms with van der Waals surface area (Å²) in [5.41, 5.74) is 2.41. The second kappa shape index (κ2) is 12.3. The molecule has 3 aromatic rings. The van der Waals surface area contributed by atoms with Gasteiger partial charge in [0.1, 0.15) is 21.5 Å². The lowest BCUT2D eigenvalue weighted by atomic mass is 9.93. The number of nitrogens with zero attached hydrogens (tertiary/aromatic N) is 4. The van der Waals surface area contributed by atoms with Crippen molar-refractivity contribution in [3.8, 4) is 22.1 Å². The Hall–Kier alpha value is -3.30. The van der Waals surface area contributed by atoms with Gasteiger partial charge in [-0.3, -0.25) is 9.59 Å². The molecule has 2 aromatic carbocycles. The third-order valence-corrected chi connectivity index (χ3v) is 9.61. The zero-order chi connectivity index (χ0) is 29.3. The zero-order valence-electron chi connectivity index (χ0n) is 24.9. The van der Waals surface area contributed by atoms with Crippen molar-refractivity contribution in [2.45, 2.75) is 84.5 Å². The molecular formula is C32H41N5O3S. The van der Waals surface area contributed by atoms with E-state index in [1.807, 2.05) is 47.4 Å². The Kier molecular flexibility index (Phi) is 8.75. The molecule has 8 nitrogen and oxygen atoms in total. The Morgan fingerprint density at radius 2 is 1.78 bits per heavy atom. The molecule has 0 spiro atoms. The molecular weight excluding hydrogens is 534 g/mol. The molecule has 5 rings (SSSR count). The average molecular weight is 576 g/mol. The van der Waals surface area contributed by atoms with Crippen LogP contribution in [0.4, 0.5) is 0 Å². The summed E-state index contributed by atoms with van der Waals surface area (Å²) in [7, 11) is 2.14. The first-order chi connectivity index (χ1) is 19.6. The summed E-state index contributed by atoms with van der Waals surface area (Å²) in [6.07, 6.45) is 2.40. The van der Waals surface area contributed by atoms with Crippen molar-refractivity contribution in [1.82, 2.24) is 25.3 Å². The minimum atomic E-state index is -0.103. The zero-order valence-corrected chi connectivity index (χ0v) is 25.7. The number of rotatable bonds is 8. The molecule has 2 aliphatic rings. The first-order valence-electron chi connectivity index (χ1n) is 14.6. The molecule has 0 radical (unpaired) electrons. The largest absolute Gasteiger partial charge is 0.457 e. The number of hydrogen-bond donors (Lipinski definition) is 1. The van der Waals surface area contributed by atoms with Crippen molar-refractivity contribution >= 4 is 23.2 Å². The van der Waals surface area contributed by atoms with Crippen LogP contribution in [0.15, 0.2) is 42.5 Å². The van der Waals surface area contributed by atoms with Crippen LogP contribution in [0.3, 0.4) is 0 Å². The summed E-state index contributed by atoms with van der Waals surface area (Å²) in [6, 6.07) is 14.3. The van der Waals surface area contributed by atoms with E-state index in [1.54, 1.807) is 11.3 Å². The summed E-state index contributed by atoms with van der Waals surface area (Å²) in [4.78, 5) is 30.2. The summed E-state index contributed by atoms with van der Waals surface area (Å²) in [5, 5.41) is 13.8. The Bertz CT molecular complexity index is 1380. The predicted molar refractivity (Wildman–Crippen MR) is 162 cm³/mol. The molecule has 41 heavy (non-hydrogen) atoms. The maximum Gasteiger partial charge on any atom is 0.251 e. The predicted octanol–water partition coefficient (Wildman–Crippen LogP) is 6.09. The molecule has 3 atom stereocenters. The van der Waals surface area contributed by atoms with Gasteiger partial charge >= 0.3 is 0 Å². The minimum Gasteiger partial charge on any atom is -0.457 e. The van der Waals surface area contributed by atoms with Gasteiger partial charge in [-0.2, -0.15) is 0 Å². The second-order valence-corrected chi connectivity index (χ2v) is 13.1. The number of hydrogen-bond acceptors (Lipinski definition) is 7. The topological polar surface area (TPSA) is 87.7 Å². The molecule has 218 valence electrons. The van der Waals surface area contributed by atoms with Crippen LogP contribution in [0, 0.1) is 5.92 Å². The van der Waals surface area contributed by atoms with E-state index >= 15 is 0 Å². The number of carbonyl (C=O) groups is 2. The number of benzene rings is 2. The van der Waals surface area contributed by atoms with Crippen LogP contribution in [-0.2, 0) is 11.3 Å². The van der Waals surface area contributed by atoms with Crippen LogP contribution in [0.1, 0.15) is 80.7 Å². The van der Waals surface area contributed by atoms with Gasteiger partial charge in [-0.05, 0) is 76.1 Å². The number of ether oxygens (including phenoxy) is 1. The quantitative estimate of drug-likeness (QED) is 0.350. The highest BCUT2D eigenvalue weighted by Crippen LogP contribution is 2.33. The Morgan fingerprint density at radius 3 is 2.39 bits per heavy atom. The molecule has 2 aliphatic heterocycles. The van der Waals surface area contributed by atoms with Gasteiger partial charge in [0.05, 0.1) is 0 Å². The maximum absolute atomic E-state index is 13.4. The van der Waals surface area contributed by atoms with Crippen molar-refractivity contribution in [3.05, 3.63) is 58.6 Å². The van der Waals surface area contributed by atoms with Crippen LogP contribution in [-0.4, -0.2) is 63.5 Å². The number of aromatic nitrogens is 2. The molecule has 2 amide bonds. The van der Waals surface area contributed by atoms with Gasteiger partial charge in [0.15, 0.2) is 0 Å². The van der Waals surface area contributed by atoms with E-state index in [-0.39, 0.29) is 17.9 Å². The first kappa shape index (κ1) is 29.2. The van der Waals surface area contributed by atoms with Crippen LogP contribution in [0.25, 0.3) is 10.6 Å². The normalized spacial score (nSPS) is 23.3. The van der Waals surface area contributed by atoms with Gasteiger partial charge in [0.25, 0.3) is 5.91 Å². The number of nitrogens with one attached hydrogen (secondary N) is 1. The fourth-order valence-corrected chi connectivity index (χ4v) is 6.55. The van der Waals surface area contributed by atoms with E-state index in [1.165, 1.54) is 0 Å². The van der Waals surface area contributed by atoms with E-state index in [0.29, 0.717) is 53.9 Å². The molecule has 0 bridgehead atoms. The van der Waals surface area contributed by atoms with E-state index in [0.717, 1.165) is 40.5 Å². The molecule has 3 heterocycles. The SMILES string of the molecule is CC1CC(=O)N(Cc2ccc(C(=O)NC3CC(C)N(C)C(C)C3)cc2Oc2ccc(-c3nnc(C(C)C)s3)cc2)C1. The highest BCUT2D eigenvalue weighted by atomic mass is 32.1. The van der Waals surface area contributed by atoms with Crippen LogP contribution < -0.4 is 10.1 Å². The third-order valence-electron chi connectivity index (χ3n) is 8.34. The van der Waals surface area contributed by atoms with Crippen LogP contribution >= 0.6 is 11.3 Å². The summed E-state index contributed by atoms with van der Waals surface area (Å²) < 4.78 is 6.39. The van der Waals surface area contributed by atoms with Gasteiger partial charge in [0, 0.05) is 60.2 Å². The van der Waals surface area contributed by atoms with Gasteiger partial charge in [-0.1, -0.05) is 38.2 Å². The number of likely N-dealkylation sites (tertiary alicyclic amines) is 2. The van der Waals surface area contributed by atoms with Gasteiger partial charge in [-0.25, -0.2) is 0 Å². The molecule has 1 N–H and O–H groups in total. The lowest BCUT2D eigenvalue weighted by Crippen LogP contribution is -2.51. The third kappa shape index (κ3) is 6.79. The number of amides is 2. The lowest BCUT2D eigenvalue weighted by Gasteiger charge is -2.40. The fourth-order valence-electron chi connectivity index (χ4n) is 5.70. The van der Waals surface area contributed by atoms with Crippen molar-refractivity contribution in [3.63, 3.8) is 0 Å². The molecule has 0 aliphatic carbocycles. The summed E-state index contributed by atoms with van der Waals surface area (Å²) >= 11 is 1.60. The molecule has 1 aromatic heterocycles. The molecule has 2 fully saturated rings.